The summed E-state index contributed by atoms with van der Waals surface area (Å²) in [6, 6.07) is 24.0. The predicted molar refractivity (Wildman–Crippen MR) is 120 cm³/mol. The minimum Gasteiger partial charge on any atom is -0.493 e. The van der Waals surface area contributed by atoms with Crippen LogP contribution in [0.15, 0.2) is 82.8 Å². The van der Waals surface area contributed by atoms with Crippen LogP contribution in [0.1, 0.15) is 11.1 Å². The normalized spacial score (nSPS) is 10.8. The maximum absolute atomic E-state index is 12.4. The molecule has 0 bridgehead atoms. The molecule has 0 fully saturated rings. The molecule has 0 unspecified atom stereocenters. The molecule has 5 nitrogen and oxygen atoms in total. The van der Waals surface area contributed by atoms with E-state index in [1.54, 1.807) is 37.4 Å². The summed E-state index contributed by atoms with van der Waals surface area (Å²) >= 11 is 3.41. The van der Waals surface area contributed by atoms with E-state index in [1.165, 1.54) is 6.08 Å². The molecule has 0 aliphatic rings. The number of ether oxygens (including phenoxy) is 2. The summed E-state index contributed by atoms with van der Waals surface area (Å²) in [5.41, 5.74) is 2.27. The lowest BCUT2D eigenvalue weighted by Gasteiger charge is -2.12. The van der Waals surface area contributed by atoms with Crippen LogP contribution in [0.4, 0.5) is 5.69 Å². The standard InChI is InChI=1S/C24H19BrN2O3/c1-29-22-12-9-18(14-23(22)30-16-17-7-10-20(25)11-8-17)13-19(15-26)24(28)27-21-5-3-2-4-6-21/h2-14H,16H2,1H3,(H,27,28)/b19-13+. The van der Waals surface area contributed by atoms with Gasteiger partial charge in [0.15, 0.2) is 11.5 Å². The summed E-state index contributed by atoms with van der Waals surface area (Å²) in [6.45, 7) is 0.358. The molecule has 150 valence electrons. The molecular weight excluding hydrogens is 444 g/mol. The highest BCUT2D eigenvalue weighted by Crippen LogP contribution is 2.30. The van der Waals surface area contributed by atoms with Gasteiger partial charge in [-0.15, -0.1) is 0 Å². The first-order valence-electron chi connectivity index (χ1n) is 9.12. The average molecular weight is 463 g/mol. The molecule has 0 aromatic heterocycles. The number of hydrogen-bond acceptors (Lipinski definition) is 4. The highest BCUT2D eigenvalue weighted by molar-refractivity contribution is 9.10. The van der Waals surface area contributed by atoms with Gasteiger partial charge in [0.2, 0.25) is 0 Å². The van der Waals surface area contributed by atoms with Gasteiger partial charge in [0.05, 0.1) is 7.11 Å². The van der Waals surface area contributed by atoms with E-state index in [1.807, 2.05) is 48.5 Å². The number of carbonyl (C=O) groups is 1. The van der Waals surface area contributed by atoms with E-state index < -0.39 is 5.91 Å². The second kappa shape index (κ2) is 10.3. The fourth-order valence-electron chi connectivity index (χ4n) is 2.67. The van der Waals surface area contributed by atoms with Crippen LogP contribution < -0.4 is 14.8 Å². The van der Waals surface area contributed by atoms with E-state index in [0.29, 0.717) is 29.4 Å². The first kappa shape index (κ1) is 21.2. The van der Waals surface area contributed by atoms with Crippen LogP contribution in [0.25, 0.3) is 6.08 Å². The van der Waals surface area contributed by atoms with Gasteiger partial charge in [-0.2, -0.15) is 5.26 Å². The zero-order valence-electron chi connectivity index (χ0n) is 16.3. The van der Waals surface area contributed by atoms with Crippen LogP contribution in [0, 0.1) is 11.3 Å². The molecule has 0 aliphatic carbocycles. The zero-order chi connectivity index (χ0) is 21.3. The van der Waals surface area contributed by atoms with Gasteiger partial charge in [-0.25, -0.2) is 0 Å². The number of nitriles is 1. The third kappa shape index (κ3) is 5.72. The first-order chi connectivity index (χ1) is 14.6. The van der Waals surface area contributed by atoms with E-state index in [0.717, 1.165) is 10.0 Å². The number of anilines is 1. The fourth-order valence-corrected chi connectivity index (χ4v) is 2.94. The summed E-state index contributed by atoms with van der Waals surface area (Å²) < 4.78 is 12.3. The minimum atomic E-state index is -0.475. The largest absolute Gasteiger partial charge is 0.493 e. The molecular formula is C24H19BrN2O3. The van der Waals surface area contributed by atoms with Crippen molar-refractivity contribution in [3.63, 3.8) is 0 Å². The van der Waals surface area contributed by atoms with Crippen molar-refractivity contribution in [1.29, 1.82) is 5.26 Å². The Kier molecular flexibility index (Phi) is 7.25. The molecule has 0 radical (unpaired) electrons. The van der Waals surface area contributed by atoms with Gasteiger partial charge in [0.25, 0.3) is 5.91 Å². The number of halogens is 1. The van der Waals surface area contributed by atoms with Crippen molar-refractivity contribution in [2.24, 2.45) is 0 Å². The van der Waals surface area contributed by atoms with Crippen molar-refractivity contribution in [3.8, 4) is 17.6 Å². The van der Waals surface area contributed by atoms with Crippen molar-refractivity contribution < 1.29 is 14.3 Å². The maximum Gasteiger partial charge on any atom is 0.266 e. The number of nitrogens with zero attached hydrogens (tertiary/aromatic N) is 1. The van der Waals surface area contributed by atoms with Crippen LogP contribution in [-0.4, -0.2) is 13.0 Å². The van der Waals surface area contributed by atoms with Crippen LogP contribution in [-0.2, 0) is 11.4 Å². The number of nitrogens with one attached hydrogen (secondary N) is 1. The smallest absolute Gasteiger partial charge is 0.266 e. The zero-order valence-corrected chi connectivity index (χ0v) is 17.8. The number of rotatable bonds is 7. The highest BCUT2D eigenvalue weighted by Gasteiger charge is 2.11. The number of benzene rings is 3. The van der Waals surface area contributed by atoms with E-state index in [9.17, 15) is 10.1 Å². The third-order valence-corrected chi connectivity index (χ3v) is 4.73. The number of methoxy groups -OCH3 is 1. The van der Waals surface area contributed by atoms with Crippen LogP contribution in [0.3, 0.4) is 0 Å². The van der Waals surface area contributed by atoms with Crippen molar-refractivity contribution in [2.75, 3.05) is 12.4 Å². The lowest BCUT2D eigenvalue weighted by atomic mass is 10.1. The summed E-state index contributed by atoms with van der Waals surface area (Å²) in [5, 5.41) is 12.2. The molecule has 3 rings (SSSR count). The molecule has 3 aromatic rings. The Balaban J connectivity index is 1.79. The van der Waals surface area contributed by atoms with E-state index in [2.05, 4.69) is 21.2 Å². The van der Waals surface area contributed by atoms with Gasteiger partial charge < -0.3 is 14.8 Å². The molecule has 1 N–H and O–H groups in total. The summed E-state index contributed by atoms with van der Waals surface area (Å²) in [5.74, 6) is 0.614. The Bertz CT molecular complexity index is 1090. The quantitative estimate of drug-likeness (QED) is 0.367. The molecule has 0 saturated carbocycles. The molecule has 30 heavy (non-hydrogen) atoms. The molecule has 0 heterocycles. The van der Waals surface area contributed by atoms with E-state index in [4.69, 9.17) is 9.47 Å². The van der Waals surface area contributed by atoms with Crippen LogP contribution in [0.5, 0.6) is 11.5 Å². The van der Waals surface area contributed by atoms with Gasteiger partial charge in [-0.1, -0.05) is 52.3 Å². The Morgan fingerprint density at radius 1 is 1.07 bits per heavy atom. The summed E-state index contributed by atoms with van der Waals surface area (Å²) in [4.78, 5) is 12.4. The maximum atomic E-state index is 12.4. The van der Waals surface area contributed by atoms with Gasteiger partial charge >= 0.3 is 0 Å². The average Bonchev–Trinajstić information content (AvgIpc) is 2.77. The van der Waals surface area contributed by atoms with Gasteiger partial charge in [0, 0.05) is 10.2 Å². The number of carbonyl (C=O) groups excluding carboxylic acids is 1. The van der Waals surface area contributed by atoms with Crippen LogP contribution in [0.2, 0.25) is 0 Å². The molecule has 0 saturated heterocycles. The van der Waals surface area contributed by atoms with Gasteiger partial charge in [0.1, 0.15) is 18.2 Å². The molecule has 1 amide bonds. The predicted octanol–water partition coefficient (Wildman–Crippen LogP) is 5.58. The minimum absolute atomic E-state index is 0.0112. The van der Waals surface area contributed by atoms with Gasteiger partial charge in [-0.05, 0) is 53.6 Å². The van der Waals surface area contributed by atoms with Crippen molar-refractivity contribution in [1.82, 2.24) is 0 Å². The highest BCUT2D eigenvalue weighted by atomic mass is 79.9. The molecule has 0 atom stereocenters. The SMILES string of the molecule is COc1ccc(/C=C(\C#N)C(=O)Nc2ccccc2)cc1OCc1ccc(Br)cc1. The number of amides is 1. The van der Waals surface area contributed by atoms with E-state index in [-0.39, 0.29) is 5.57 Å². The Morgan fingerprint density at radius 3 is 2.47 bits per heavy atom. The second-order valence-electron chi connectivity index (χ2n) is 6.32. The number of para-hydroxylation sites is 1. The monoisotopic (exact) mass is 462 g/mol. The molecule has 3 aromatic carbocycles. The number of hydrogen-bond donors (Lipinski definition) is 1. The van der Waals surface area contributed by atoms with Gasteiger partial charge in [-0.3, -0.25) is 4.79 Å². The lowest BCUT2D eigenvalue weighted by Crippen LogP contribution is -2.13. The third-order valence-electron chi connectivity index (χ3n) is 4.20. The topological polar surface area (TPSA) is 71.3 Å². The Morgan fingerprint density at radius 2 is 1.80 bits per heavy atom. The van der Waals surface area contributed by atoms with Crippen molar-refractivity contribution in [3.05, 3.63) is 94.0 Å². The Hall–Kier alpha value is -3.56. The van der Waals surface area contributed by atoms with Crippen LogP contribution >= 0.6 is 15.9 Å². The molecule has 0 spiro atoms. The Labute approximate surface area is 183 Å². The lowest BCUT2D eigenvalue weighted by molar-refractivity contribution is -0.112. The summed E-state index contributed by atoms with van der Waals surface area (Å²) in [6.07, 6.45) is 1.52. The van der Waals surface area contributed by atoms with E-state index >= 15 is 0 Å². The first-order valence-corrected chi connectivity index (χ1v) is 9.92. The van der Waals surface area contributed by atoms with Crippen molar-refractivity contribution in [2.45, 2.75) is 6.61 Å². The summed E-state index contributed by atoms with van der Waals surface area (Å²) in [7, 11) is 1.56. The molecule has 0 aliphatic heterocycles. The molecule has 6 heteroatoms. The van der Waals surface area contributed by atoms with Crippen molar-refractivity contribution >= 4 is 33.6 Å². The second-order valence-corrected chi connectivity index (χ2v) is 7.23. The fraction of sp³-hybridized carbons (Fsp3) is 0.0833.